The van der Waals surface area contributed by atoms with Gasteiger partial charge in [-0.15, -0.1) is 11.3 Å². The third-order valence-corrected chi connectivity index (χ3v) is 4.24. The fourth-order valence-electron chi connectivity index (χ4n) is 2.33. The van der Waals surface area contributed by atoms with Crippen molar-refractivity contribution >= 4 is 33.3 Å². The van der Waals surface area contributed by atoms with E-state index >= 15 is 0 Å². The van der Waals surface area contributed by atoms with Gasteiger partial charge < -0.3 is 10.2 Å². The smallest absolute Gasteiger partial charge is 0.224 e. The van der Waals surface area contributed by atoms with Crippen molar-refractivity contribution in [3.63, 3.8) is 0 Å². The van der Waals surface area contributed by atoms with Gasteiger partial charge in [0.25, 0.3) is 0 Å². The lowest BCUT2D eigenvalue weighted by Crippen LogP contribution is -2.29. The number of thiophene rings is 1. The highest BCUT2D eigenvalue weighted by atomic mass is 32.1. The van der Waals surface area contributed by atoms with Crippen molar-refractivity contribution in [1.29, 1.82) is 0 Å². The van der Waals surface area contributed by atoms with Gasteiger partial charge in [0.2, 0.25) is 5.91 Å². The summed E-state index contributed by atoms with van der Waals surface area (Å²) in [4.78, 5) is 22.3. The molecule has 1 N–H and O–H groups in total. The first kappa shape index (κ1) is 12.3. The summed E-state index contributed by atoms with van der Waals surface area (Å²) in [7, 11) is 0. The molecule has 1 amide bonds. The van der Waals surface area contributed by atoms with Crippen LogP contribution >= 0.6 is 11.3 Å². The number of amides is 1. The molecule has 0 aromatic carbocycles. The number of carbonyl (C=O) groups excluding carboxylic acids is 1. The number of likely N-dealkylation sites (tertiary alicyclic amines) is 1. The first-order valence-electron chi connectivity index (χ1n) is 6.54. The maximum absolute atomic E-state index is 11.9. The monoisotopic (exact) mass is 276 g/mol. The SMILES string of the molecule is O=C(CCNc1ncnc2ccsc12)N1CCCC1. The molecular weight excluding hydrogens is 260 g/mol. The minimum Gasteiger partial charge on any atom is -0.368 e. The van der Waals surface area contributed by atoms with Crippen molar-refractivity contribution in [2.24, 2.45) is 0 Å². The van der Waals surface area contributed by atoms with Gasteiger partial charge in [0.1, 0.15) is 12.1 Å². The summed E-state index contributed by atoms with van der Waals surface area (Å²) in [6.45, 7) is 2.46. The van der Waals surface area contributed by atoms with E-state index in [1.807, 2.05) is 16.3 Å². The van der Waals surface area contributed by atoms with E-state index in [-0.39, 0.29) is 5.91 Å². The lowest BCUT2D eigenvalue weighted by atomic mass is 10.3. The summed E-state index contributed by atoms with van der Waals surface area (Å²) in [6.07, 6.45) is 4.36. The summed E-state index contributed by atoms with van der Waals surface area (Å²) in [5.74, 6) is 1.07. The maximum atomic E-state index is 11.9. The number of fused-ring (bicyclic) bond motifs is 1. The van der Waals surface area contributed by atoms with Crippen LogP contribution in [0.5, 0.6) is 0 Å². The van der Waals surface area contributed by atoms with Gasteiger partial charge >= 0.3 is 0 Å². The predicted molar refractivity (Wildman–Crippen MR) is 76.3 cm³/mol. The minimum absolute atomic E-state index is 0.237. The Kier molecular flexibility index (Phi) is 3.59. The molecule has 100 valence electrons. The second kappa shape index (κ2) is 5.52. The van der Waals surface area contributed by atoms with Gasteiger partial charge in [0, 0.05) is 26.1 Å². The summed E-state index contributed by atoms with van der Waals surface area (Å²) in [5, 5.41) is 5.24. The topological polar surface area (TPSA) is 58.1 Å². The molecule has 19 heavy (non-hydrogen) atoms. The Morgan fingerprint density at radius 1 is 1.37 bits per heavy atom. The summed E-state index contributed by atoms with van der Waals surface area (Å²) >= 11 is 1.62. The van der Waals surface area contributed by atoms with E-state index < -0.39 is 0 Å². The van der Waals surface area contributed by atoms with Crippen molar-refractivity contribution in [1.82, 2.24) is 14.9 Å². The standard InChI is InChI=1S/C13H16N4OS/c18-11(17-6-1-2-7-17)3-5-14-13-12-10(4-8-19-12)15-9-16-13/h4,8-9H,1-3,5-7H2,(H,14,15,16). The van der Waals surface area contributed by atoms with Crippen LogP contribution < -0.4 is 5.32 Å². The average molecular weight is 276 g/mol. The van der Waals surface area contributed by atoms with Crippen LogP contribution in [0, 0.1) is 0 Å². The Morgan fingerprint density at radius 3 is 3.05 bits per heavy atom. The van der Waals surface area contributed by atoms with Crippen molar-refractivity contribution in [3.8, 4) is 0 Å². The molecular formula is C13H16N4OS. The van der Waals surface area contributed by atoms with Gasteiger partial charge in [-0.25, -0.2) is 9.97 Å². The molecule has 1 saturated heterocycles. The van der Waals surface area contributed by atoms with E-state index in [4.69, 9.17) is 0 Å². The van der Waals surface area contributed by atoms with E-state index in [0.29, 0.717) is 13.0 Å². The molecule has 0 atom stereocenters. The average Bonchev–Trinajstić information content (AvgIpc) is 3.10. The lowest BCUT2D eigenvalue weighted by Gasteiger charge is -2.15. The maximum Gasteiger partial charge on any atom is 0.224 e. The van der Waals surface area contributed by atoms with Gasteiger partial charge in [-0.05, 0) is 24.3 Å². The molecule has 1 aliphatic heterocycles. The first-order valence-corrected chi connectivity index (χ1v) is 7.42. The van der Waals surface area contributed by atoms with Crippen LogP contribution in [0.3, 0.4) is 0 Å². The molecule has 0 spiro atoms. The lowest BCUT2D eigenvalue weighted by molar-refractivity contribution is -0.129. The van der Waals surface area contributed by atoms with E-state index in [0.717, 1.165) is 42.0 Å². The fraction of sp³-hybridized carbons (Fsp3) is 0.462. The quantitative estimate of drug-likeness (QED) is 0.929. The zero-order chi connectivity index (χ0) is 13.1. The molecule has 0 saturated carbocycles. The first-order chi connectivity index (χ1) is 9.34. The number of nitrogens with one attached hydrogen (secondary N) is 1. The van der Waals surface area contributed by atoms with Gasteiger partial charge in [0.15, 0.2) is 0 Å². The van der Waals surface area contributed by atoms with Crippen LogP contribution in [0.25, 0.3) is 10.2 Å². The zero-order valence-electron chi connectivity index (χ0n) is 10.6. The molecule has 0 radical (unpaired) electrons. The van der Waals surface area contributed by atoms with Crippen LogP contribution in [-0.4, -0.2) is 40.4 Å². The van der Waals surface area contributed by atoms with Crippen molar-refractivity contribution in [2.45, 2.75) is 19.3 Å². The molecule has 0 bridgehead atoms. The summed E-state index contributed by atoms with van der Waals surface area (Å²) in [5.41, 5.74) is 0.952. The molecule has 2 aromatic heterocycles. The molecule has 2 aromatic rings. The summed E-state index contributed by atoms with van der Waals surface area (Å²) < 4.78 is 1.05. The largest absolute Gasteiger partial charge is 0.368 e. The highest BCUT2D eigenvalue weighted by molar-refractivity contribution is 7.17. The number of carbonyl (C=O) groups is 1. The van der Waals surface area contributed by atoms with Gasteiger partial charge in [0.05, 0.1) is 10.2 Å². The normalized spacial score (nSPS) is 15.1. The van der Waals surface area contributed by atoms with Crippen LogP contribution in [0.2, 0.25) is 0 Å². The number of hydrogen-bond acceptors (Lipinski definition) is 5. The molecule has 5 nitrogen and oxygen atoms in total. The van der Waals surface area contributed by atoms with Crippen LogP contribution in [-0.2, 0) is 4.79 Å². The van der Waals surface area contributed by atoms with E-state index in [9.17, 15) is 4.79 Å². The van der Waals surface area contributed by atoms with Gasteiger partial charge in [-0.2, -0.15) is 0 Å². The Labute approximate surface area is 115 Å². The molecule has 3 rings (SSSR count). The molecule has 3 heterocycles. The Morgan fingerprint density at radius 2 is 2.21 bits per heavy atom. The van der Waals surface area contributed by atoms with Crippen molar-refractivity contribution in [3.05, 3.63) is 17.8 Å². The number of hydrogen-bond donors (Lipinski definition) is 1. The second-order valence-electron chi connectivity index (χ2n) is 4.62. The van der Waals surface area contributed by atoms with Crippen molar-refractivity contribution in [2.75, 3.05) is 25.0 Å². The number of rotatable bonds is 4. The number of aromatic nitrogens is 2. The zero-order valence-corrected chi connectivity index (χ0v) is 11.4. The predicted octanol–water partition coefficient (Wildman–Crippen LogP) is 2.12. The van der Waals surface area contributed by atoms with E-state index in [2.05, 4.69) is 15.3 Å². The summed E-state index contributed by atoms with van der Waals surface area (Å²) in [6, 6.07) is 1.97. The van der Waals surface area contributed by atoms with Gasteiger partial charge in [-0.3, -0.25) is 4.79 Å². The van der Waals surface area contributed by atoms with Gasteiger partial charge in [-0.1, -0.05) is 0 Å². The molecule has 1 aliphatic rings. The van der Waals surface area contributed by atoms with Crippen LogP contribution in [0.15, 0.2) is 17.8 Å². The molecule has 1 fully saturated rings. The van der Waals surface area contributed by atoms with Crippen LogP contribution in [0.4, 0.5) is 5.82 Å². The molecule has 0 unspecified atom stereocenters. The third kappa shape index (κ3) is 2.68. The number of anilines is 1. The Hall–Kier alpha value is -1.69. The molecule has 0 aliphatic carbocycles. The van der Waals surface area contributed by atoms with Crippen molar-refractivity contribution < 1.29 is 4.79 Å². The fourth-order valence-corrected chi connectivity index (χ4v) is 3.14. The van der Waals surface area contributed by atoms with Crippen LogP contribution in [0.1, 0.15) is 19.3 Å². The van der Waals surface area contributed by atoms with E-state index in [1.54, 1.807) is 17.7 Å². The Bertz CT molecular complexity index is 577. The Balaban J connectivity index is 1.57. The third-order valence-electron chi connectivity index (χ3n) is 3.33. The second-order valence-corrected chi connectivity index (χ2v) is 5.54. The van der Waals surface area contributed by atoms with E-state index in [1.165, 1.54) is 0 Å². The molecule has 6 heteroatoms. The highest BCUT2D eigenvalue weighted by Crippen LogP contribution is 2.24. The minimum atomic E-state index is 0.237. The highest BCUT2D eigenvalue weighted by Gasteiger charge is 2.17. The number of nitrogens with zero attached hydrogens (tertiary/aromatic N) is 3.